The second-order valence-corrected chi connectivity index (χ2v) is 4.32. The number of hydrogen-bond acceptors (Lipinski definition) is 2. The van der Waals surface area contributed by atoms with Crippen molar-refractivity contribution in [1.29, 1.82) is 0 Å². The van der Waals surface area contributed by atoms with Gasteiger partial charge in [-0.05, 0) is 24.3 Å². The van der Waals surface area contributed by atoms with Crippen molar-refractivity contribution < 1.29 is 10.2 Å². The second kappa shape index (κ2) is 4.28. The number of allylic oxidation sites excluding steroid dienone is 2. The fourth-order valence-electron chi connectivity index (χ4n) is 2.50. The smallest absolute Gasteiger partial charge is 0.105 e. The van der Waals surface area contributed by atoms with Crippen LogP contribution in [0.1, 0.15) is 32.1 Å². The van der Waals surface area contributed by atoms with Crippen molar-refractivity contribution >= 4 is 0 Å². The van der Waals surface area contributed by atoms with Gasteiger partial charge in [-0.3, -0.25) is 0 Å². The van der Waals surface area contributed by atoms with E-state index in [4.69, 9.17) is 0 Å². The van der Waals surface area contributed by atoms with E-state index in [-0.39, 0.29) is 0 Å². The van der Waals surface area contributed by atoms with Gasteiger partial charge in [-0.2, -0.15) is 0 Å². The number of aliphatic hydroxyl groups is 2. The van der Waals surface area contributed by atoms with E-state index >= 15 is 0 Å². The first kappa shape index (κ1) is 9.94. The fraction of sp³-hybridized carbons (Fsp3) is 0.667. The molecule has 2 atom stereocenters. The third kappa shape index (κ3) is 1.91. The molecule has 0 aliphatic heterocycles. The van der Waals surface area contributed by atoms with Gasteiger partial charge in [0.25, 0.3) is 0 Å². The first-order valence-electron chi connectivity index (χ1n) is 5.53. The van der Waals surface area contributed by atoms with Gasteiger partial charge in [-0.15, -0.1) is 0 Å². The lowest BCUT2D eigenvalue weighted by Crippen LogP contribution is -2.31. The van der Waals surface area contributed by atoms with Crippen LogP contribution in [-0.2, 0) is 0 Å². The molecule has 2 N–H and O–H groups in total. The van der Waals surface area contributed by atoms with Gasteiger partial charge >= 0.3 is 0 Å². The van der Waals surface area contributed by atoms with Gasteiger partial charge in [0, 0.05) is 0 Å². The van der Waals surface area contributed by atoms with Crippen LogP contribution in [0.4, 0.5) is 0 Å². The molecule has 2 rings (SSSR count). The lowest BCUT2D eigenvalue weighted by molar-refractivity contribution is 0.0621. The summed E-state index contributed by atoms with van der Waals surface area (Å²) in [6, 6.07) is 0. The Morgan fingerprint density at radius 3 is 2.50 bits per heavy atom. The van der Waals surface area contributed by atoms with Gasteiger partial charge < -0.3 is 10.2 Å². The van der Waals surface area contributed by atoms with E-state index in [1.54, 1.807) is 6.08 Å². The minimum Gasteiger partial charge on any atom is -0.386 e. The highest BCUT2D eigenvalue weighted by Crippen LogP contribution is 2.33. The van der Waals surface area contributed by atoms with Crippen molar-refractivity contribution in [3.8, 4) is 0 Å². The largest absolute Gasteiger partial charge is 0.386 e. The Kier molecular flexibility index (Phi) is 3.04. The van der Waals surface area contributed by atoms with Crippen LogP contribution in [0.5, 0.6) is 0 Å². The van der Waals surface area contributed by atoms with Crippen molar-refractivity contribution in [2.24, 2.45) is 5.92 Å². The Labute approximate surface area is 85.0 Å². The summed E-state index contributed by atoms with van der Waals surface area (Å²) in [5.41, 5.74) is 1.04. The molecule has 0 saturated heterocycles. The highest BCUT2D eigenvalue weighted by atomic mass is 16.3. The molecule has 0 heterocycles. The van der Waals surface area contributed by atoms with Crippen LogP contribution < -0.4 is 0 Å². The highest BCUT2D eigenvalue weighted by Gasteiger charge is 2.27. The third-order valence-corrected chi connectivity index (χ3v) is 3.34. The summed E-state index contributed by atoms with van der Waals surface area (Å²) in [4.78, 5) is 0. The number of hydrogen-bond donors (Lipinski definition) is 2. The summed E-state index contributed by atoms with van der Waals surface area (Å²) in [5.74, 6) is 0.498. The van der Waals surface area contributed by atoms with Gasteiger partial charge in [0.15, 0.2) is 0 Å². The van der Waals surface area contributed by atoms with Gasteiger partial charge in [0.05, 0.1) is 0 Å². The van der Waals surface area contributed by atoms with Gasteiger partial charge in [0.2, 0.25) is 0 Å². The van der Waals surface area contributed by atoms with E-state index < -0.39 is 12.2 Å². The topological polar surface area (TPSA) is 40.5 Å². The van der Waals surface area contributed by atoms with Gasteiger partial charge in [-0.1, -0.05) is 37.5 Å². The minimum absolute atomic E-state index is 0.498. The molecule has 1 saturated carbocycles. The fourth-order valence-corrected chi connectivity index (χ4v) is 2.50. The molecule has 2 heteroatoms. The van der Waals surface area contributed by atoms with Crippen molar-refractivity contribution in [3.63, 3.8) is 0 Å². The zero-order valence-corrected chi connectivity index (χ0v) is 8.39. The molecule has 2 nitrogen and oxygen atoms in total. The molecule has 0 aromatic rings. The molecule has 2 aliphatic rings. The number of aliphatic hydroxyl groups excluding tert-OH is 2. The normalized spacial score (nSPS) is 34.3. The van der Waals surface area contributed by atoms with E-state index in [1.807, 2.05) is 12.2 Å². The quantitative estimate of drug-likeness (QED) is 0.668. The third-order valence-electron chi connectivity index (χ3n) is 3.34. The molecule has 1 fully saturated rings. The van der Waals surface area contributed by atoms with Crippen LogP contribution >= 0.6 is 0 Å². The first-order chi connectivity index (χ1) is 6.79. The predicted octanol–water partition coefficient (Wildman–Crippen LogP) is 1.78. The minimum atomic E-state index is -0.697. The zero-order valence-electron chi connectivity index (χ0n) is 8.39. The van der Waals surface area contributed by atoms with Crippen molar-refractivity contribution in [1.82, 2.24) is 0 Å². The van der Waals surface area contributed by atoms with Gasteiger partial charge in [0.1, 0.15) is 12.2 Å². The first-order valence-corrected chi connectivity index (χ1v) is 5.53. The molecular formula is C12H18O2. The summed E-state index contributed by atoms with van der Waals surface area (Å²) in [6.45, 7) is 0. The van der Waals surface area contributed by atoms with Crippen LogP contribution in [0.2, 0.25) is 0 Å². The van der Waals surface area contributed by atoms with E-state index in [0.717, 1.165) is 5.57 Å². The molecule has 0 radical (unpaired) electrons. The molecule has 2 aliphatic carbocycles. The molecule has 0 bridgehead atoms. The molecular weight excluding hydrogens is 176 g/mol. The summed E-state index contributed by atoms with van der Waals surface area (Å²) in [5, 5.41) is 19.3. The Balaban J connectivity index is 2.08. The summed E-state index contributed by atoms with van der Waals surface area (Å²) >= 11 is 0. The summed E-state index contributed by atoms with van der Waals surface area (Å²) in [6.07, 6.45) is 10.3. The molecule has 0 aromatic carbocycles. The van der Waals surface area contributed by atoms with E-state index in [9.17, 15) is 10.2 Å². The van der Waals surface area contributed by atoms with E-state index in [2.05, 4.69) is 0 Å². The van der Waals surface area contributed by atoms with Crippen molar-refractivity contribution in [2.75, 3.05) is 0 Å². The van der Waals surface area contributed by atoms with E-state index in [0.29, 0.717) is 5.92 Å². The SMILES string of the molecule is O[C@@H]1C(C2CCCCC2)=CC=C[C@@H]1O. The average molecular weight is 194 g/mol. The zero-order chi connectivity index (χ0) is 9.97. The Morgan fingerprint density at radius 1 is 1.07 bits per heavy atom. The van der Waals surface area contributed by atoms with Crippen LogP contribution in [0.3, 0.4) is 0 Å². The lowest BCUT2D eigenvalue weighted by Gasteiger charge is -2.30. The van der Waals surface area contributed by atoms with E-state index in [1.165, 1.54) is 32.1 Å². The standard InChI is InChI=1S/C12H18O2/c13-11-8-4-7-10(12(11)14)9-5-2-1-3-6-9/h4,7-9,11-14H,1-3,5-6H2/t11-,12+/m0/s1. The van der Waals surface area contributed by atoms with Crippen molar-refractivity contribution in [2.45, 2.75) is 44.3 Å². The summed E-state index contributed by atoms with van der Waals surface area (Å²) < 4.78 is 0. The van der Waals surface area contributed by atoms with Crippen molar-refractivity contribution in [3.05, 3.63) is 23.8 Å². The Hall–Kier alpha value is -0.600. The Morgan fingerprint density at radius 2 is 1.79 bits per heavy atom. The maximum atomic E-state index is 9.82. The van der Waals surface area contributed by atoms with Crippen LogP contribution in [0.25, 0.3) is 0 Å². The molecule has 0 aromatic heterocycles. The van der Waals surface area contributed by atoms with Crippen LogP contribution in [0.15, 0.2) is 23.8 Å². The predicted molar refractivity (Wildman–Crippen MR) is 55.8 cm³/mol. The average Bonchev–Trinajstić information content (AvgIpc) is 2.23. The highest BCUT2D eigenvalue weighted by molar-refractivity contribution is 5.27. The van der Waals surface area contributed by atoms with Crippen LogP contribution in [-0.4, -0.2) is 22.4 Å². The maximum Gasteiger partial charge on any atom is 0.105 e. The maximum absolute atomic E-state index is 9.82. The monoisotopic (exact) mass is 194 g/mol. The molecule has 78 valence electrons. The molecule has 0 unspecified atom stereocenters. The molecule has 14 heavy (non-hydrogen) atoms. The molecule has 0 amide bonds. The summed E-state index contributed by atoms with van der Waals surface area (Å²) in [7, 11) is 0. The number of rotatable bonds is 1. The second-order valence-electron chi connectivity index (χ2n) is 4.32. The van der Waals surface area contributed by atoms with Crippen LogP contribution in [0, 0.1) is 5.92 Å². The van der Waals surface area contributed by atoms with Gasteiger partial charge in [-0.25, -0.2) is 0 Å². The molecule has 0 spiro atoms. The lowest BCUT2D eigenvalue weighted by atomic mass is 9.79. The Bertz CT molecular complexity index is 249.